The van der Waals surface area contributed by atoms with E-state index in [0.717, 1.165) is 31.8 Å². The van der Waals surface area contributed by atoms with E-state index in [9.17, 15) is 13.2 Å². The standard InChI is InChI=1S/C13H18ClF3N2/c1-3-19(4-2)6-5-18-12-8-10(13(15,16)17)7-11(14)9-12/h7-9,18H,3-6H2,1-2H3. The highest BCUT2D eigenvalue weighted by molar-refractivity contribution is 6.30. The van der Waals surface area contributed by atoms with Crippen LogP contribution in [0.4, 0.5) is 18.9 Å². The van der Waals surface area contributed by atoms with Gasteiger partial charge in [0.2, 0.25) is 0 Å². The molecule has 0 amide bonds. The number of anilines is 1. The molecular weight excluding hydrogens is 277 g/mol. The molecule has 1 rings (SSSR count). The summed E-state index contributed by atoms with van der Waals surface area (Å²) in [6, 6.07) is 3.50. The van der Waals surface area contributed by atoms with Crippen LogP contribution in [-0.4, -0.2) is 31.1 Å². The van der Waals surface area contributed by atoms with Crippen LogP contribution in [-0.2, 0) is 6.18 Å². The number of likely N-dealkylation sites (N-methyl/N-ethyl adjacent to an activating group) is 1. The number of rotatable bonds is 6. The Balaban J connectivity index is 2.66. The molecule has 0 fully saturated rings. The zero-order valence-corrected chi connectivity index (χ0v) is 11.8. The van der Waals surface area contributed by atoms with Crippen molar-refractivity contribution in [2.24, 2.45) is 0 Å². The van der Waals surface area contributed by atoms with E-state index >= 15 is 0 Å². The van der Waals surface area contributed by atoms with E-state index < -0.39 is 11.7 Å². The van der Waals surface area contributed by atoms with Crippen LogP contribution in [0.5, 0.6) is 0 Å². The average Bonchev–Trinajstić information content (AvgIpc) is 2.33. The number of hydrogen-bond acceptors (Lipinski definition) is 2. The second kappa shape index (κ2) is 7.01. The van der Waals surface area contributed by atoms with Crippen LogP contribution < -0.4 is 5.32 Å². The topological polar surface area (TPSA) is 15.3 Å². The van der Waals surface area contributed by atoms with Gasteiger partial charge < -0.3 is 10.2 Å². The molecule has 0 saturated carbocycles. The summed E-state index contributed by atoms with van der Waals surface area (Å²) in [6.45, 7) is 7.29. The van der Waals surface area contributed by atoms with Crippen molar-refractivity contribution in [1.82, 2.24) is 4.90 Å². The third-order valence-electron chi connectivity index (χ3n) is 2.88. The summed E-state index contributed by atoms with van der Waals surface area (Å²) in [6.07, 6.45) is -4.37. The van der Waals surface area contributed by atoms with Crippen LogP contribution in [0, 0.1) is 0 Å². The van der Waals surface area contributed by atoms with Gasteiger partial charge in [-0.2, -0.15) is 13.2 Å². The molecule has 108 valence electrons. The Kier molecular flexibility index (Phi) is 5.94. The fourth-order valence-electron chi connectivity index (χ4n) is 1.75. The summed E-state index contributed by atoms with van der Waals surface area (Å²) in [5.74, 6) is 0. The van der Waals surface area contributed by atoms with E-state index in [2.05, 4.69) is 10.2 Å². The van der Waals surface area contributed by atoms with E-state index in [1.807, 2.05) is 13.8 Å². The molecule has 0 bridgehead atoms. The van der Waals surface area contributed by atoms with E-state index in [4.69, 9.17) is 11.6 Å². The summed E-state index contributed by atoms with van der Waals surface area (Å²) in [5.41, 5.74) is -0.336. The van der Waals surface area contributed by atoms with Crippen LogP contribution in [0.25, 0.3) is 0 Å². The molecule has 1 N–H and O–H groups in total. The molecule has 1 aromatic rings. The SMILES string of the molecule is CCN(CC)CCNc1cc(Cl)cc(C(F)(F)F)c1. The molecule has 0 atom stereocenters. The summed E-state index contributed by atoms with van der Waals surface area (Å²) in [4.78, 5) is 2.18. The van der Waals surface area contributed by atoms with Gasteiger partial charge in [-0.1, -0.05) is 25.4 Å². The minimum absolute atomic E-state index is 0.0835. The van der Waals surface area contributed by atoms with Crippen molar-refractivity contribution < 1.29 is 13.2 Å². The van der Waals surface area contributed by atoms with Crippen LogP contribution in [0.3, 0.4) is 0 Å². The van der Waals surface area contributed by atoms with Gasteiger partial charge in [0.15, 0.2) is 0 Å². The molecule has 0 spiro atoms. The van der Waals surface area contributed by atoms with E-state index in [1.165, 1.54) is 6.07 Å². The van der Waals surface area contributed by atoms with Crippen LogP contribution in [0.1, 0.15) is 19.4 Å². The van der Waals surface area contributed by atoms with Crippen LogP contribution in [0.2, 0.25) is 5.02 Å². The Bertz CT molecular complexity index is 403. The summed E-state index contributed by atoms with van der Waals surface area (Å²) in [5, 5.41) is 3.05. The average molecular weight is 295 g/mol. The van der Waals surface area contributed by atoms with Gasteiger partial charge in [-0.25, -0.2) is 0 Å². The van der Waals surface area contributed by atoms with Crippen LogP contribution >= 0.6 is 11.6 Å². The highest BCUT2D eigenvalue weighted by Gasteiger charge is 2.31. The number of benzene rings is 1. The number of hydrogen-bond donors (Lipinski definition) is 1. The third kappa shape index (κ3) is 5.28. The zero-order valence-electron chi connectivity index (χ0n) is 11.0. The van der Waals surface area contributed by atoms with E-state index in [-0.39, 0.29) is 5.02 Å². The summed E-state index contributed by atoms with van der Waals surface area (Å²) in [7, 11) is 0. The molecule has 0 unspecified atom stereocenters. The Labute approximate surface area is 116 Å². The number of alkyl halides is 3. The van der Waals surface area contributed by atoms with Crippen molar-refractivity contribution in [2.45, 2.75) is 20.0 Å². The zero-order chi connectivity index (χ0) is 14.5. The molecule has 0 aromatic heterocycles. The first-order valence-corrected chi connectivity index (χ1v) is 6.58. The highest BCUT2D eigenvalue weighted by Crippen LogP contribution is 2.33. The molecule has 0 heterocycles. The maximum absolute atomic E-state index is 12.6. The van der Waals surface area contributed by atoms with E-state index in [0.29, 0.717) is 12.2 Å². The van der Waals surface area contributed by atoms with Gasteiger partial charge in [0.05, 0.1) is 5.56 Å². The molecule has 1 aromatic carbocycles. The monoisotopic (exact) mass is 294 g/mol. The number of nitrogens with one attached hydrogen (secondary N) is 1. The van der Waals surface area contributed by atoms with Gasteiger partial charge in [-0.3, -0.25) is 0 Å². The van der Waals surface area contributed by atoms with Crippen molar-refractivity contribution in [3.63, 3.8) is 0 Å². The molecule has 2 nitrogen and oxygen atoms in total. The van der Waals surface area contributed by atoms with Crippen LogP contribution in [0.15, 0.2) is 18.2 Å². The third-order valence-corrected chi connectivity index (χ3v) is 3.09. The Morgan fingerprint density at radius 3 is 2.32 bits per heavy atom. The smallest absolute Gasteiger partial charge is 0.384 e. The first-order valence-electron chi connectivity index (χ1n) is 6.20. The lowest BCUT2D eigenvalue weighted by Crippen LogP contribution is -2.28. The van der Waals surface area contributed by atoms with Crippen molar-refractivity contribution >= 4 is 17.3 Å². The van der Waals surface area contributed by atoms with Crippen molar-refractivity contribution in [3.8, 4) is 0 Å². The first-order chi connectivity index (χ1) is 8.86. The molecule has 0 aliphatic rings. The number of halogens is 4. The predicted molar refractivity (Wildman–Crippen MR) is 72.7 cm³/mol. The van der Waals surface area contributed by atoms with Gasteiger partial charge in [0.1, 0.15) is 0 Å². The molecule has 0 saturated heterocycles. The van der Waals surface area contributed by atoms with E-state index in [1.54, 1.807) is 0 Å². The molecule has 0 aliphatic heterocycles. The van der Waals surface area contributed by atoms with Gasteiger partial charge >= 0.3 is 6.18 Å². The quantitative estimate of drug-likeness (QED) is 0.849. The minimum Gasteiger partial charge on any atom is -0.384 e. The lowest BCUT2D eigenvalue weighted by Gasteiger charge is -2.19. The van der Waals surface area contributed by atoms with Gasteiger partial charge in [0.25, 0.3) is 0 Å². The molecular formula is C13H18ClF3N2. The fraction of sp³-hybridized carbons (Fsp3) is 0.538. The Hall–Kier alpha value is -0.940. The second-order valence-corrected chi connectivity index (χ2v) is 4.62. The highest BCUT2D eigenvalue weighted by atomic mass is 35.5. The predicted octanol–water partition coefficient (Wildman–Crippen LogP) is 4.11. The van der Waals surface area contributed by atoms with Crippen molar-refractivity contribution in [2.75, 3.05) is 31.5 Å². The lowest BCUT2D eigenvalue weighted by molar-refractivity contribution is -0.137. The molecule has 6 heteroatoms. The number of nitrogens with zero attached hydrogens (tertiary/aromatic N) is 1. The maximum atomic E-state index is 12.6. The molecule has 0 radical (unpaired) electrons. The Morgan fingerprint density at radius 2 is 1.79 bits per heavy atom. The van der Waals surface area contributed by atoms with Gasteiger partial charge in [0, 0.05) is 23.8 Å². The normalized spacial score (nSPS) is 11.9. The minimum atomic E-state index is -4.37. The summed E-state index contributed by atoms with van der Waals surface area (Å²) < 4.78 is 37.8. The Morgan fingerprint density at radius 1 is 1.16 bits per heavy atom. The largest absolute Gasteiger partial charge is 0.416 e. The fourth-order valence-corrected chi connectivity index (χ4v) is 1.99. The van der Waals surface area contributed by atoms with Crippen molar-refractivity contribution in [1.29, 1.82) is 0 Å². The molecule has 0 aliphatic carbocycles. The van der Waals surface area contributed by atoms with Crippen molar-refractivity contribution in [3.05, 3.63) is 28.8 Å². The molecule has 19 heavy (non-hydrogen) atoms. The first kappa shape index (κ1) is 16.1. The van der Waals surface area contributed by atoms with Gasteiger partial charge in [-0.15, -0.1) is 0 Å². The lowest BCUT2D eigenvalue weighted by atomic mass is 10.2. The second-order valence-electron chi connectivity index (χ2n) is 4.18. The summed E-state index contributed by atoms with van der Waals surface area (Å²) >= 11 is 5.70. The maximum Gasteiger partial charge on any atom is 0.416 e. The van der Waals surface area contributed by atoms with Gasteiger partial charge in [-0.05, 0) is 31.3 Å².